The Morgan fingerprint density at radius 3 is 2.50 bits per heavy atom. The van der Waals surface area contributed by atoms with Gasteiger partial charge in [-0.3, -0.25) is 0 Å². The first-order valence-corrected chi connectivity index (χ1v) is 3.53. The van der Waals surface area contributed by atoms with Gasteiger partial charge in [0.15, 0.2) is 5.96 Å². The van der Waals surface area contributed by atoms with Gasteiger partial charge in [-0.2, -0.15) is 10.3 Å². The van der Waals surface area contributed by atoms with E-state index in [-0.39, 0.29) is 11.1 Å². The van der Waals surface area contributed by atoms with Gasteiger partial charge in [-0.15, -0.1) is 4.99 Å². The van der Waals surface area contributed by atoms with Crippen LogP contribution in [-0.4, -0.2) is 17.4 Å². The zero-order valence-electron chi connectivity index (χ0n) is 5.40. The molecule has 0 fully saturated rings. The standard InChI is InChI=1S/C4H7N5S/c1-10-4(8-2-5)9-3(6)7/h1H3,(H4,6,7,8,9). The number of nitriles is 1. The number of hydrogen-bond acceptors (Lipinski definition) is 3. The quantitative estimate of drug-likeness (QED) is 0.280. The minimum atomic E-state index is -0.0941. The predicted octanol–water partition coefficient (Wildman–Crippen LogP) is -0.540. The Morgan fingerprint density at radius 2 is 2.20 bits per heavy atom. The molecule has 10 heavy (non-hydrogen) atoms. The van der Waals surface area contributed by atoms with Gasteiger partial charge in [0, 0.05) is 0 Å². The average Bonchev–Trinajstić information content (AvgIpc) is 1.86. The summed E-state index contributed by atoms with van der Waals surface area (Å²) in [5.74, 6) is -0.0941. The number of hydrogen-bond donors (Lipinski definition) is 2. The molecule has 4 N–H and O–H groups in total. The lowest BCUT2D eigenvalue weighted by molar-refractivity contribution is 1.42. The number of nitrogens with two attached hydrogens (primary N) is 2. The molecule has 0 saturated heterocycles. The Bertz CT molecular complexity index is 196. The van der Waals surface area contributed by atoms with E-state index >= 15 is 0 Å². The van der Waals surface area contributed by atoms with Gasteiger partial charge < -0.3 is 11.5 Å². The van der Waals surface area contributed by atoms with Gasteiger partial charge in [0.2, 0.25) is 11.4 Å². The molecule has 0 unspecified atom stereocenters. The Labute approximate surface area is 62.8 Å². The molecule has 0 aromatic carbocycles. The first-order valence-electron chi connectivity index (χ1n) is 2.31. The number of nitrogens with zero attached hydrogens (tertiary/aromatic N) is 3. The Morgan fingerprint density at radius 1 is 1.60 bits per heavy atom. The molecular weight excluding hydrogens is 150 g/mol. The molecule has 0 amide bonds. The summed E-state index contributed by atoms with van der Waals surface area (Å²) in [4.78, 5) is 6.87. The van der Waals surface area contributed by atoms with Crippen LogP contribution in [0.4, 0.5) is 0 Å². The zero-order chi connectivity index (χ0) is 7.98. The van der Waals surface area contributed by atoms with Crippen LogP contribution in [0.3, 0.4) is 0 Å². The van der Waals surface area contributed by atoms with Crippen LogP contribution in [0, 0.1) is 11.5 Å². The van der Waals surface area contributed by atoms with Gasteiger partial charge in [0.05, 0.1) is 0 Å². The molecule has 54 valence electrons. The van der Waals surface area contributed by atoms with E-state index in [2.05, 4.69) is 9.98 Å². The van der Waals surface area contributed by atoms with Gasteiger partial charge in [-0.05, 0) is 6.26 Å². The Kier molecular flexibility index (Phi) is 4.07. The van der Waals surface area contributed by atoms with E-state index < -0.39 is 0 Å². The molecule has 0 aliphatic carbocycles. The number of guanidine groups is 1. The summed E-state index contributed by atoms with van der Waals surface area (Å²) in [6, 6.07) is 0. The zero-order valence-corrected chi connectivity index (χ0v) is 6.22. The van der Waals surface area contributed by atoms with Crippen molar-refractivity contribution in [2.75, 3.05) is 6.26 Å². The van der Waals surface area contributed by atoms with Crippen molar-refractivity contribution in [1.29, 1.82) is 5.26 Å². The second-order valence-electron chi connectivity index (χ2n) is 1.24. The van der Waals surface area contributed by atoms with Crippen molar-refractivity contribution >= 4 is 22.9 Å². The summed E-state index contributed by atoms with van der Waals surface area (Å²) in [6.07, 6.45) is 3.30. The highest BCUT2D eigenvalue weighted by Crippen LogP contribution is 1.97. The highest BCUT2D eigenvalue weighted by Gasteiger charge is 1.91. The van der Waals surface area contributed by atoms with Crippen molar-refractivity contribution in [3.8, 4) is 6.19 Å². The molecule has 0 aliphatic rings. The third kappa shape index (κ3) is 3.74. The highest BCUT2D eigenvalue weighted by atomic mass is 32.2. The minimum Gasteiger partial charge on any atom is -0.370 e. The summed E-state index contributed by atoms with van der Waals surface area (Å²) in [7, 11) is 0. The monoisotopic (exact) mass is 157 g/mol. The number of amidine groups is 1. The fourth-order valence-corrected chi connectivity index (χ4v) is 0.598. The van der Waals surface area contributed by atoms with Crippen LogP contribution in [0.15, 0.2) is 9.98 Å². The van der Waals surface area contributed by atoms with E-state index in [1.165, 1.54) is 11.8 Å². The maximum absolute atomic E-state index is 8.08. The lowest BCUT2D eigenvalue weighted by Gasteiger charge is -1.90. The normalized spacial score (nSPS) is 10.2. The largest absolute Gasteiger partial charge is 0.370 e. The van der Waals surface area contributed by atoms with Crippen LogP contribution in [0.2, 0.25) is 0 Å². The van der Waals surface area contributed by atoms with E-state index in [1.807, 2.05) is 0 Å². The van der Waals surface area contributed by atoms with Gasteiger partial charge in [-0.1, -0.05) is 11.8 Å². The second kappa shape index (κ2) is 4.64. The van der Waals surface area contributed by atoms with Gasteiger partial charge in [-0.25, -0.2) is 0 Å². The fraction of sp³-hybridized carbons (Fsp3) is 0.250. The average molecular weight is 157 g/mol. The number of aliphatic imine (C=N–C) groups is 2. The Balaban J connectivity index is 4.27. The van der Waals surface area contributed by atoms with Crippen LogP contribution < -0.4 is 11.5 Å². The lowest BCUT2D eigenvalue weighted by atomic mass is 11.0. The fourth-order valence-electron chi connectivity index (χ4n) is 0.269. The van der Waals surface area contributed by atoms with E-state index in [0.717, 1.165) is 0 Å². The van der Waals surface area contributed by atoms with E-state index in [9.17, 15) is 0 Å². The van der Waals surface area contributed by atoms with Crippen molar-refractivity contribution in [3.05, 3.63) is 0 Å². The molecule has 0 saturated carbocycles. The molecule has 0 atom stereocenters. The lowest BCUT2D eigenvalue weighted by Crippen LogP contribution is -2.23. The third-order valence-corrected chi connectivity index (χ3v) is 1.10. The summed E-state index contributed by atoms with van der Waals surface area (Å²) in [5, 5.41) is 8.35. The van der Waals surface area contributed by atoms with Crippen LogP contribution in [0.5, 0.6) is 0 Å². The summed E-state index contributed by atoms with van der Waals surface area (Å²) >= 11 is 1.20. The summed E-state index contributed by atoms with van der Waals surface area (Å²) < 4.78 is 0. The van der Waals surface area contributed by atoms with Crippen LogP contribution in [-0.2, 0) is 0 Å². The molecule has 0 aromatic heterocycles. The smallest absolute Gasteiger partial charge is 0.208 e. The molecular formula is C4H7N5S. The minimum absolute atomic E-state index is 0.0941. The van der Waals surface area contributed by atoms with Crippen molar-refractivity contribution < 1.29 is 0 Å². The molecule has 5 nitrogen and oxygen atoms in total. The van der Waals surface area contributed by atoms with E-state index in [0.29, 0.717) is 0 Å². The topological polar surface area (TPSA) is 101 Å². The molecule has 0 spiro atoms. The molecule has 0 aromatic rings. The third-order valence-electron chi connectivity index (χ3n) is 0.553. The van der Waals surface area contributed by atoms with Gasteiger partial charge in [0.1, 0.15) is 0 Å². The van der Waals surface area contributed by atoms with Crippen LogP contribution >= 0.6 is 11.8 Å². The first-order chi connectivity index (χ1) is 4.70. The van der Waals surface area contributed by atoms with Crippen molar-refractivity contribution in [2.24, 2.45) is 21.5 Å². The number of rotatable bonds is 0. The van der Waals surface area contributed by atoms with Crippen molar-refractivity contribution in [1.82, 2.24) is 0 Å². The Hall–Kier alpha value is -1.22. The van der Waals surface area contributed by atoms with Crippen LogP contribution in [0.1, 0.15) is 0 Å². The second-order valence-corrected chi connectivity index (χ2v) is 2.01. The van der Waals surface area contributed by atoms with Crippen molar-refractivity contribution in [2.45, 2.75) is 0 Å². The van der Waals surface area contributed by atoms with Gasteiger partial charge in [0.25, 0.3) is 0 Å². The maximum atomic E-state index is 8.08. The molecule has 0 heterocycles. The summed E-state index contributed by atoms with van der Waals surface area (Å²) in [6.45, 7) is 0. The summed E-state index contributed by atoms with van der Waals surface area (Å²) in [5.41, 5.74) is 10.0. The van der Waals surface area contributed by atoms with Crippen molar-refractivity contribution in [3.63, 3.8) is 0 Å². The maximum Gasteiger partial charge on any atom is 0.208 e. The molecule has 0 radical (unpaired) electrons. The molecule has 0 aliphatic heterocycles. The predicted molar refractivity (Wildman–Crippen MR) is 42.4 cm³/mol. The van der Waals surface area contributed by atoms with E-state index in [4.69, 9.17) is 16.7 Å². The van der Waals surface area contributed by atoms with E-state index in [1.54, 1.807) is 12.4 Å². The molecule has 0 bridgehead atoms. The molecule has 0 rings (SSSR count). The number of thioether (sulfide) groups is 1. The highest BCUT2D eigenvalue weighted by molar-refractivity contribution is 8.13. The SMILES string of the molecule is CSC(N=C(N)N)=NC#N. The first kappa shape index (κ1) is 8.78. The van der Waals surface area contributed by atoms with Crippen LogP contribution in [0.25, 0.3) is 0 Å². The molecule has 6 heteroatoms. The van der Waals surface area contributed by atoms with Gasteiger partial charge >= 0.3 is 0 Å².